The van der Waals surface area contributed by atoms with Gasteiger partial charge in [-0.15, -0.1) is 5.10 Å². The molecule has 9 nitrogen and oxygen atoms in total. The number of nitrogens with zero attached hydrogens (tertiary/aromatic N) is 5. The van der Waals surface area contributed by atoms with Crippen molar-refractivity contribution in [2.24, 2.45) is 0 Å². The number of rotatable bonds is 5. The maximum absolute atomic E-state index is 13.0. The van der Waals surface area contributed by atoms with E-state index in [0.29, 0.717) is 13.1 Å². The number of likely N-dealkylation sites (tertiary alicyclic amines) is 2. The van der Waals surface area contributed by atoms with E-state index in [-0.39, 0.29) is 17.4 Å². The monoisotopic (exact) mass is 520 g/mol. The van der Waals surface area contributed by atoms with E-state index in [1.54, 1.807) is 0 Å². The second kappa shape index (κ2) is 9.63. The standard InChI is InChI=1S/C24H33ClN6O3S/c1-35(33,34)27-22-7-14-31(26-22)23(32)29-15-9-24(10-16-29)8-4-13-30(24)18-19-5-6-20(25)21(17-19)28-11-2-3-12-28/h5-7,14,17H,2-4,8-13,15-16,18H2,1H3,(H,26,27). The minimum atomic E-state index is -3.44. The van der Waals surface area contributed by atoms with Gasteiger partial charge < -0.3 is 9.80 Å². The van der Waals surface area contributed by atoms with Crippen LogP contribution >= 0.6 is 11.6 Å². The summed E-state index contributed by atoms with van der Waals surface area (Å²) >= 11 is 6.53. The predicted octanol–water partition coefficient (Wildman–Crippen LogP) is 3.61. The summed E-state index contributed by atoms with van der Waals surface area (Å²) < 4.78 is 26.4. The highest BCUT2D eigenvalue weighted by Crippen LogP contribution is 2.40. The number of sulfonamides is 1. The molecule has 4 heterocycles. The number of carbonyl (C=O) groups is 1. The average Bonchev–Trinajstić information content (AvgIpc) is 3.57. The van der Waals surface area contributed by atoms with Gasteiger partial charge in [0, 0.05) is 50.5 Å². The van der Waals surface area contributed by atoms with Crippen molar-refractivity contribution >= 4 is 39.2 Å². The number of nitrogens with one attached hydrogen (secondary N) is 1. The number of halogens is 1. The molecule has 3 fully saturated rings. The van der Waals surface area contributed by atoms with Gasteiger partial charge in [-0.3, -0.25) is 9.62 Å². The van der Waals surface area contributed by atoms with Crippen LogP contribution in [0.25, 0.3) is 0 Å². The quantitative estimate of drug-likeness (QED) is 0.647. The largest absolute Gasteiger partial charge is 0.370 e. The molecule has 0 aliphatic carbocycles. The molecule has 2 aromatic rings. The highest BCUT2D eigenvalue weighted by atomic mass is 35.5. The lowest BCUT2D eigenvalue weighted by atomic mass is 9.85. The zero-order valence-electron chi connectivity index (χ0n) is 20.1. The number of hydrogen-bond donors (Lipinski definition) is 1. The second-order valence-electron chi connectivity index (χ2n) is 10.0. The molecule has 0 atom stereocenters. The first kappa shape index (κ1) is 24.4. The third kappa shape index (κ3) is 5.29. The molecule has 3 saturated heterocycles. The van der Waals surface area contributed by atoms with Crippen LogP contribution in [-0.2, 0) is 16.6 Å². The van der Waals surface area contributed by atoms with E-state index >= 15 is 0 Å². The molecule has 35 heavy (non-hydrogen) atoms. The molecule has 1 aromatic carbocycles. The molecule has 0 radical (unpaired) electrons. The van der Waals surface area contributed by atoms with Crippen LogP contribution in [-0.4, -0.2) is 78.5 Å². The van der Waals surface area contributed by atoms with Gasteiger partial charge >= 0.3 is 6.03 Å². The van der Waals surface area contributed by atoms with Crippen LogP contribution in [0.1, 0.15) is 44.1 Å². The van der Waals surface area contributed by atoms with Crippen molar-refractivity contribution in [3.63, 3.8) is 0 Å². The van der Waals surface area contributed by atoms with Crippen molar-refractivity contribution in [3.8, 4) is 0 Å². The summed E-state index contributed by atoms with van der Waals surface area (Å²) in [5.74, 6) is 0.146. The van der Waals surface area contributed by atoms with Crippen LogP contribution < -0.4 is 9.62 Å². The Morgan fingerprint density at radius 2 is 1.80 bits per heavy atom. The lowest BCUT2D eigenvalue weighted by Crippen LogP contribution is -2.53. The Balaban J connectivity index is 1.23. The fraction of sp³-hybridized carbons (Fsp3) is 0.583. The third-order valence-corrected chi connectivity index (χ3v) is 8.51. The number of piperidine rings is 1. The summed E-state index contributed by atoms with van der Waals surface area (Å²) in [5.41, 5.74) is 2.55. The lowest BCUT2D eigenvalue weighted by Gasteiger charge is -2.45. The number of carbonyl (C=O) groups excluding carboxylic acids is 1. The van der Waals surface area contributed by atoms with Crippen molar-refractivity contribution in [1.29, 1.82) is 0 Å². The molecule has 1 N–H and O–H groups in total. The Morgan fingerprint density at radius 3 is 2.51 bits per heavy atom. The predicted molar refractivity (Wildman–Crippen MR) is 138 cm³/mol. The molecule has 0 saturated carbocycles. The molecule has 1 amide bonds. The van der Waals surface area contributed by atoms with Gasteiger partial charge in [0.05, 0.1) is 17.0 Å². The van der Waals surface area contributed by atoms with Crippen molar-refractivity contribution < 1.29 is 13.2 Å². The van der Waals surface area contributed by atoms with E-state index in [9.17, 15) is 13.2 Å². The molecule has 0 unspecified atom stereocenters. The number of amides is 1. The summed E-state index contributed by atoms with van der Waals surface area (Å²) in [7, 11) is -3.44. The topological polar surface area (TPSA) is 90.8 Å². The molecule has 190 valence electrons. The third-order valence-electron chi connectivity index (χ3n) is 7.61. The Morgan fingerprint density at radius 1 is 1.06 bits per heavy atom. The SMILES string of the molecule is CS(=O)(=O)Nc1ccn(C(=O)N2CCC3(CCCN3Cc3ccc(Cl)c(N4CCCC4)c3)CC2)n1. The molecular weight excluding hydrogens is 488 g/mol. The van der Waals surface area contributed by atoms with E-state index in [4.69, 9.17) is 11.6 Å². The van der Waals surface area contributed by atoms with Gasteiger partial charge in [-0.2, -0.15) is 4.68 Å². The van der Waals surface area contributed by atoms with Gasteiger partial charge in [0.15, 0.2) is 5.82 Å². The van der Waals surface area contributed by atoms with Gasteiger partial charge in [-0.1, -0.05) is 17.7 Å². The normalized spacial score (nSPS) is 20.6. The average molecular weight is 521 g/mol. The fourth-order valence-corrected chi connectivity index (χ4v) is 6.54. The van der Waals surface area contributed by atoms with E-state index in [1.165, 1.54) is 41.8 Å². The first-order chi connectivity index (χ1) is 16.7. The van der Waals surface area contributed by atoms with Crippen LogP contribution in [0.4, 0.5) is 16.3 Å². The van der Waals surface area contributed by atoms with Crippen LogP contribution in [0.5, 0.6) is 0 Å². The van der Waals surface area contributed by atoms with Gasteiger partial charge in [0.1, 0.15) is 0 Å². The first-order valence-electron chi connectivity index (χ1n) is 12.3. The van der Waals surface area contributed by atoms with Crippen LogP contribution in [0.15, 0.2) is 30.5 Å². The first-order valence-corrected chi connectivity index (χ1v) is 14.6. The Kier molecular flexibility index (Phi) is 6.71. The van der Waals surface area contributed by atoms with Crippen LogP contribution in [0.3, 0.4) is 0 Å². The zero-order chi connectivity index (χ0) is 24.6. The van der Waals surface area contributed by atoms with Crippen molar-refractivity contribution in [1.82, 2.24) is 19.6 Å². The van der Waals surface area contributed by atoms with Crippen molar-refractivity contribution in [3.05, 3.63) is 41.0 Å². The van der Waals surface area contributed by atoms with Crippen molar-refractivity contribution in [2.45, 2.75) is 50.6 Å². The lowest BCUT2D eigenvalue weighted by molar-refractivity contribution is 0.0585. The summed E-state index contributed by atoms with van der Waals surface area (Å²) in [6.45, 7) is 5.42. The molecule has 1 aromatic heterocycles. The smallest absolute Gasteiger partial charge is 0.344 e. The van der Waals surface area contributed by atoms with Crippen molar-refractivity contribution in [2.75, 3.05) is 48.6 Å². The molecule has 3 aliphatic heterocycles. The molecule has 11 heteroatoms. The summed E-state index contributed by atoms with van der Waals surface area (Å²) in [4.78, 5) is 19.8. The van der Waals surface area contributed by atoms with E-state index in [0.717, 1.165) is 62.4 Å². The molecule has 1 spiro atoms. The number of hydrogen-bond acceptors (Lipinski definition) is 6. The van der Waals surface area contributed by atoms with E-state index < -0.39 is 10.0 Å². The minimum absolute atomic E-state index is 0.108. The van der Waals surface area contributed by atoms with Gasteiger partial charge in [0.25, 0.3) is 0 Å². The fourth-order valence-electron chi connectivity index (χ4n) is 5.82. The van der Waals surface area contributed by atoms with Crippen LogP contribution in [0, 0.1) is 0 Å². The highest BCUT2D eigenvalue weighted by molar-refractivity contribution is 7.92. The van der Waals surface area contributed by atoms with E-state index in [1.807, 2.05) is 11.0 Å². The summed E-state index contributed by atoms with van der Waals surface area (Å²) in [6.07, 6.45) is 9.15. The van der Waals surface area contributed by atoms with Gasteiger partial charge in [0.2, 0.25) is 10.0 Å². The number of aromatic nitrogens is 2. The Labute approximate surface area is 212 Å². The summed E-state index contributed by atoms with van der Waals surface area (Å²) in [5, 5.41) is 4.91. The maximum atomic E-state index is 13.0. The minimum Gasteiger partial charge on any atom is -0.370 e. The molecule has 0 bridgehead atoms. The molecular formula is C24H33ClN6O3S. The highest BCUT2D eigenvalue weighted by Gasteiger charge is 2.44. The Hall–Kier alpha value is -2.30. The molecule has 5 rings (SSSR count). The van der Waals surface area contributed by atoms with Gasteiger partial charge in [-0.05, 0) is 62.8 Å². The Bertz CT molecular complexity index is 1190. The second-order valence-corrected chi connectivity index (χ2v) is 12.2. The summed E-state index contributed by atoms with van der Waals surface area (Å²) in [6, 6.07) is 7.71. The number of anilines is 2. The van der Waals surface area contributed by atoms with E-state index in [2.05, 4.69) is 31.8 Å². The zero-order valence-corrected chi connectivity index (χ0v) is 21.7. The van der Waals surface area contributed by atoms with Crippen LogP contribution in [0.2, 0.25) is 5.02 Å². The van der Waals surface area contributed by atoms with Gasteiger partial charge in [-0.25, -0.2) is 13.2 Å². The maximum Gasteiger partial charge on any atom is 0.344 e. The molecule has 3 aliphatic rings. The number of benzene rings is 1.